The lowest BCUT2D eigenvalue weighted by atomic mass is 10.2. The number of aryl methyl sites for hydroxylation is 1. The molecule has 0 radical (unpaired) electrons. The standard InChI is InChI=1S/C22H20BrN3O3/c1-14-11-16(15(2)26(14)18-9-7-17(23)8-10-18)12-24-25-22(27)21-13-28-19-5-3-4-6-20(19)29-21/h3-12,21H,13H2,1-2H3,(H,25,27)/b24-12+. The number of hydrogen-bond acceptors (Lipinski definition) is 4. The van der Waals surface area contributed by atoms with Gasteiger partial charge in [0, 0.05) is 27.1 Å². The number of rotatable bonds is 4. The van der Waals surface area contributed by atoms with Crippen LogP contribution in [0.4, 0.5) is 0 Å². The summed E-state index contributed by atoms with van der Waals surface area (Å²) >= 11 is 3.46. The summed E-state index contributed by atoms with van der Waals surface area (Å²) in [6.07, 6.45) is 0.907. The van der Waals surface area contributed by atoms with Crippen molar-refractivity contribution in [2.24, 2.45) is 5.10 Å². The molecule has 0 spiro atoms. The Hall–Kier alpha value is -3.06. The van der Waals surface area contributed by atoms with Crippen LogP contribution in [-0.2, 0) is 4.79 Å². The molecule has 1 aromatic heterocycles. The van der Waals surface area contributed by atoms with E-state index >= 15 is 0 Å². The van der Waals surface area contributed by atoms with E-state index in [9.17, 15) is 4.79 Å². The third-order valence-corrected chi connectivity index (χ3v) is 5.26. The van der Waals surface area contributed by atoms with Crippen molar-refractivity contribution in [1.29, 1.82) is 0 Å². The molecule has 0 aliphatic carbocycles. The van der Waals surface area contributed by atoms with Crippen LogP contribution >= 0.6 is 15.9 Å². The van der Waals surface area contributed by atoms with Crippen LogP contribution in [0.5, 0.6) is 11.5 Å². The molecule has 1 aliphatic rings. The monoisotopic (exact) mass is 453 g/mol. The number of nitrogens with zero attached hydrogens (tertiary/aromatic N) is 2. The van der Waals surface area contributed by atoms with Crippen LogP contribution < -0.4 is 14.9 Å². The van der Waals surface area contributed by atoms with Crippen LogP contribution in [0.3, 0.4) is 0 Å². The highest BCUT2D eigenvalue weighted by Crippen LogP contribution is 2.30. The Bertz CT molecular complexity index is 1070. The molecule has 2 aromatic carbocycles. The van der Waals surface area contributed by atoms with Crippen LogP contribution in [-0.4, -0.2) is 29.4 Å². The Morgan fingerprint density at radius 1 is 1.17 bits per heavy atom. The van der Waals surface area contributed by atoms with Gasteiger partial charge in [0.15, 0.2) is 11.5 Å². The summed E-state index contributed by atoms with van der Waals surface area (Å²) in [6, 6.07) is 17.4. The van der Waals surface area contributed by atoms with Crippen LogP contribution in [0.25, 0.3) is 5.69 Å². The fourth-order valence-corrected chi connectivity index (χ4v) is 3.56. The van der Waals surface area contributed by atoms with Gasteiger partial charge in [-0.2, -0.15) is 5.10 Å². The van der Waals surface area contributed by atoms with Gasteiger partial charge in [-0.3, -0.25) is 4.79 Å². The molecule has 0 fully saturated rings. The summed E-state index contributed by atoms with van der Waals surface area (Å²) in [5, 5.41) is 4.11. The van der Waals surface area contributed by atoms with Crippen molar-refractivity contribution in [3.05, 3.63) is 76.0 Å². The lowest BCUT2D eigenvalue weighted by Gasteiger charge is -2.24. The summed E-state index contributed by atoms with van der Waals surface area (Å²) in [4.78, 5) is 12.4. The van der Waals surface area contributed by atoms with Crippen molar-refractivity contribution in [1.82, 2.24) is 9.99 Å². The quantitative estimate of drug-likeness (QED) is 0.476. The van der Waals surface area contributed by atoms with E-state index in [0.29, 0.717) is 11.5 Å². The van der Waals surface area contributed by atoms with Crippen LogP contribution in [0.2, 0.25) is 0 Å². The second-order valence-electron chi connectivity index (χ2n) is 6.74. The van der Waals surface area contributed by atoms with E-state index < -0.39 is 6.10 Å². The summed E-state index contributed by atoms with van der Waals surface area (Å²) in [5.74, 6) is 0.846. The minimum Gasteiger partial charge on any atom is -0.485 e. The van der Waals surface area contributed by atoms with E-state index in [0.717, 1.165) is 27.1 Å². The Morgan fingerprint density at radius 2 is 1.90 bits per heavy atom. The third-order valence-electron chi connectivity index (χ3n) is 4.73. The van der Waals surface area contributed by atoms with Crippen LogP contribution in [0.1, 0.15) is 17.0 Å². The SMILES string of the molecule is Cc1cc(/C=N/NC(=O)C2COc3ccccc3O2)c(C)n1-c1ccc(Br)cc1. The Balaban J connectivity index is 1.44. The number of fused-ring (bicyclic) bond motifs is 1. The number of carbonyl (C=O) groups is 1. The zero-order valence-corrected chi connectivity index (χ0v) is 17.6. The van der Waals surface area contributed by atoms with Gasteiger partial charge in [-0.15, -0.1) is 0 Å². The van der Waals surface area contributed by atoms with Crippen molar-refractivity contribution < 1.29 is 14.3 Å². The van der Waals surface area contributed by atoms with Gasteiger partial charge < -0.3 is 14.0 Å². The maximum Gasteiger partial charge on any atom is 0.284 e. The predicted octanol–water partition coefficient (Wildman–Crippen LogP) is 4.15. The molecule has 1 N–H and O–H groups in total. The largest absolute Gasteiger partial charge is 0.485 e. The number of benzene rings is 2. The van der Waals surface area contributed by atoms with Gasteiger partial charge in [0.2, 0.25) is 6.10 Å². The minimum absolute atomic E-state index is 0.149. The number of hydrazone groups is 1. The highest BCUT2D eigenvalue weighted by Gasteiger charge is 2.27. The van der Waals surface area contributed by atoms with Crippen molar-refractivity contribution in [2.45, 2.75) is 20.0 Å². The smallest absolute Gasteiger partial charge is 0.284 e. The molecule has 148 valence electrons. The van der Waals surface area contributed by atoms with E-state index in [2.05, 4.69) is 31.0 Å². The number of ether oxygens (including phenoxy) is 2. The van der Waals surface area contributed by atoms with E-state index in [4.69, 9.17) is 9.47 Å². The zero-order chi connectivity index (χ0) is 20.4. The predicted molar refractivity (Wildman–Crippen MR) is 115 cm³/mol. The highest BCUT2D eigenvalue weighted by atomic mass is 79.9. The first kappa shape index (κ1) is 19.3. The molecule has 0 saturated carbocycles. The normalized spacial score (nSPS) is 15.5. The summed E-state index contributed by atoms with van der Waals surface area (Å²) in [5.41, 5.74) is 6.66. The average Bonchev–Trinajstić information content (AvgIpc) is 3.01. The van der Waals surface area contributed by atoms with Gasteiger partial charge in [0.05, 0.1) is 6.21 Å². The van der Waals surface area contributed by atoms with Gasteiger partial charge in [-0.05, 0) is 56.3 Å². The highest BCUT2D eigenvalue weighted by molar-refractivity contribution is 9.10. The lowest BCUT2D eigenvalue weighted by molar-refractivity contribution is -0.130. The summed E-state index contributed by atoms with van der Waals surface area (Å²) < 4.78 is 14.4. The number of carbonyl (C=O) groups excluding carboxylic acids is 1. The Labute approximate surface area is 177 Å². The molecule has 29 heavy (non-hydrogen) atoms. The summed E-state index contributed by atoms with van der Waals surface area (Å²) in [6.45, 7) is 4.21. The second kappa shape index (κ2) is 8.13. The molecule has 1 aliphatic heterocycles. The van der Waals surface area contributed by atoms with Crippen molar-refractivity contribution in [2.75, 3.05) is 6.61 Å². The number of hydrogen-bond donors (Lipinski definition) is 1. The first-order chi connectivity index (χ1) is 14.0. The Kier molecular flexibility index (Phi) is 5.40. The topological polar surface area (TPSA) is 64.8 Å². The molecule has 1 atom stereocenters. The van der Waals surface area contributed by atoms with Gasteiger partial charge in [-0.1, -0.05) is 28.1 Å². The molecule has 6 nitrogen and oxygen atoms in total. The number of amides is 1. The number of nitrogens with one attached hydrogen (secondary N) is 1. The van der Waals surface area contributed by atoms with Crippen molar-refractivity contribution >= 4 is 28.1 Å². The van der Waals surface area contributed by atoms with E-state index in [1.165, 1.54) is 0 Å². The van der Waals surface area contributed by atoms with Crippen molar-refractivity contribution in [3.63, 3.8) is 0 Å². The molecule has 7 heteroatoms. The average molecular weight is 454 g/mol. The van der Waals surface area contributed by atoms with E-state index in [1.807, 2.05) is 62.4 Å². The van der Waals surface area contributed by atoms with Crippen LogP contribution in [0.15, 0.2) is 64.2 Å². The third kappa shape index (κ3) is 4.05. The molecule has 2 heterocycles. The molecular formula is C22H20BrN3O3. The maximum atomic E-state index is 12.4. The van der Waals surface area contributed by atoms with E-state index in [-0.39, 0.29) is 12.5 Å². The zero-order valence-electron chi connectivity index (χ0n) is 16.1. The van der Waals surface area contributed by atoms with E-state index in [1.54, 1.807) is 12.3 Å². The lowest BCUT2D eigenvalue weighted by Crippen LogP contribution is -2.42. The minimum atomic E-state index is -0.739. The second-order valence-corrected chi connectivity index (χ2v) is 7.65. The van der Waals surface area contributed by atoms with Crippen LogP contribution in [0, 0.1) is 13.8 Å². The van der Waals surface area contributed by atoms with Gasteiger partial charge >= 0.3 is 0 Å². The van der Waals surface area contributed by atoms with Gasteiger partial charge in [0.1, 0.15) is 6.61 Å². The van der Waals surface area contributed by atoms with Crippen molar-refractivity contribution in [3.8, 4) is 17.2 Å². The number of aromatic nitrogens is 1. The fraction of sp³-hybridized carbons (Fsp3) is 0.182. The molecule has 0 saturated heterocycles. The van der Waals surface area contributed by atoms with Gasteiger partial charge in [0.25, 0.3) is 5.91 Å². The summed E-state index contributed by atoms with van der Waals surface area (Å²) in [7, 11) is 0. The van der Waals surface area contributed by atoms with Gasteiger partial charge in [-0.25, -0.2) is 5.43 Å². The maximum absolute atomic E-state index is 12.4. The first-order valence-corrected chi connectivity index (χ1v) is 9.98. The molecular weight excluding hydrogens is 434 g/mol. The molecule has 0 bridgehead atoms. The molecule has 1 amide bonds. The Morgan fingerprint density at radius 3 is 2.66 bits per heavy atom. The molecule has 1 unspecified atom stereocenters. The number of para-hydroxylation sites is 2. The first-order valence-electron chi connectivity index (χ1n) is 9.19. The molecule has 3 aromatic rings. The number of halogens is 1. The fourth-order valence-electron chi connectivity index (χ4n) is 3.29. The molecule has 4 rings (SSSR count).